The van der Waals surface area contributed by atoms with Gasteiger partial charge >= 0.3 is 0 Å². The maximum atomic E-state index is 5.66. The molecule has 2 atom stereocenters. The van der Waals surface area contributed by atoms with Gasteiger partial charge in [-0.15, -0.1) is 11.8 Å². The SMILES string of the molecule is CCCC(C)CC(NN)c1ccc(SC)cc1. The lowest BCUT2D eigenvalue weighted by Gasteiger charge is -2.20. The molecular formula is C14H24N2S. The number of hydrazine groups is 1. The second-order valence-corrected chi connectivity index (χ2v) is 5.50. The summed E-state index contributed by atoms with van der Waals surface area (Å²) in [5.41, 5.74) is 4.22. The Morgan fingerprint density at radius 2 is 1.94 bits per heavy atom. The summed E-state index contributed by atoms with van der Waals surface area (Å²) in [6.07, 6.45) is 5.70. The lowest BCUT2D eigenvalue weighted by molar-refractivity contribution is 0.394. The Morgan fingerprint density at radius 3 is 2.41 bits per heavy atom. The van der Waals surface area contributed by atoms with Crippen LogP contribution in [0, 0.1) is 5.92 Å². The zero-order valence-electron chi connectivity index (χ0n) is 11.1. The lowest BCUT2D eigenvalue weighted by atomic mass is 9.93. The highest BCUT2D eigenvalue weighted by Gasteiger charge is 2.13. The molecule has 0 aromatic heterocycles. The summed E-state index contributed by atoms with van der Waals surface area (Å²) < 4.78 is 0. The number of hydrogen-bond acceptors (Lipinski definition) is 3. The predicted octanol–water partition coefficient (Wildman–Crippen LogP) is 3.74. The molecule has 3 N–H and O–H groups in total. The first-order valence-corrected chi connectivity index (χ1v) is 7.53. The highest BCUT2D eigenvalue weighted by Crippen LogP contribution is 2.25. The molecule has 0 fully saturated rings. The smallest absolute Gasteiger partial charge is 0.0462 e. The van der Waals surface area contributed by atoms with Gasteiger partial charge in [0, 0.05) is 10.9 Å². The second-order valence-electron chi connectivity index (χ2n) is 4.62. The van der Waals surface area contributed by atoms with E-state index in [2.05, 4.69) is 49.8 Å². The van der Waals surface area contributed by atoms with Crippen LogP contribution in [0.2, 0.25) is 0 Å². The fourth-order valence-corrected chi connectivity index (χ4v) is 2.56. The largest absolute Gasteiger partial charge is 0.271 e. The zero-order chi connectivity index (χ0) is 12.7. The molecule has 1 aromatic carbocycles. The standard InChI is InChI=1S/C14H24N2S/c1-4-5-11(2)10-14(16-15)12-6-8-13(17-3)9-7-12/h6-9,11,14,16H,4-5,10,15H2,1-3H3. The van der Waals surface area contributed by atoms with Crippen LogP contribution >= 0.6 is 11.8 Å². The monoisotopic (exact) mass is 252 g/mol. The van der Waals surface area contributed by atoms with Gasteiger partial charge in [0.05, 0.1) is 0 Å². The molecule has 0 radical (unpaired) electrons. The molecule has 2 unspecified atom stereocenters. The number of rotatable bonds is 7. The third-order valence-corrected chi connectivity index (χ3v) is 3.88. The third-order valence-electron chi connectivity index (χ3n) is 3.14. The molecule has 1 rings (SSSR count). The Labute approximate surface area is 109 Å². The summed E-state index contributed by atoms with van der Waals surface area (Å²) >= 11 is 1.77. The van der Waals surface area contributed by atoms with Gasteiger partial charge in [-0.05, 0) is 36.3 Å². The summed E-state index contributed by atoms with van der Waals surface area (Å²) in [7, 11) is 0. The van der Waals surface area contributed by atoms with Crippen molar-refractivity contribution in [2.75, 3.05) is 6.26 Å². The van der Waals surface area contributed by atoms with Crippen LogP contribution in [0.4, 0.5) is 0 Å². The molecule has 1 aromatic rings. The molecule has 0 heterocycles. The highest BCUT2D eigenvalue weighted by molar-refractivity contribution is 7.98. The van der Waals surface area contributed by atoms with E-state index < -0.39 is 0 Å². The van der Waals surface area contributed by atoms with Crippen molar-refractivity contribution in [1.82, 2.24) is 5.43 Å². The van der Waals surface area contributed by atoms with Gasteiger partial charge in [-0.1, -0.05) is 38.8 Å². The van der Waals surface area contributed by atoms with Gasteiger partial charge in [0.25, 0.3) is 0 Å². The van der Waals surface area contributed by atoms with Gasteiger partial charge in [0.2, 0.25) is 0 Å². The van der Waals surface area contributed by atoms with Gasteiger partial charge in [-0.2, -0.15) is 0 Å². The Hall–Kier alpha value is -0.510. The van der Waals surface area contributed by atoms with E-state index >= 15 is 0 Å². The Kier molecular flexibility index (Phi) is 6.63. The van der Waals surface area contributed by atoms with E-state index in [4.69, 9.17) is 5.84 Å². The van der Waals surface area contributed by atoms with E-state index in [0.717, 1.165) is 6.42 Å². The van der Waals surface area contributed by atoms with Crippen LogP contribution in [0.25, 0.3) is 0 Å². The number of benzene rings is 1. The van der Waals surface area contributed by atoms with Crippen molar-refractivity contribution in [3.63, 3.8) is 0 Å². The summed E-state index contributed by atoms with van der Waals surface area (Å²) in [4.78, 5) is 1.30. The first-order chi connectivity index (χ1) is 8.21. The van der Waals surface area contributed by atoms with Crippen molar-refractivity contribution in [3.05, 3.63) is 29.8 Å². The van der Waals surface area contributed by atoms with E-state index in [1.165, 1.54) is 23.3 Å². The Morgan fingerprint density at radius 1 is 1.29 bits per heavy atom. The molecule has 0 aliphatic heterocycles. The van der Waals surface area contributed by atoms with Crippen molar-refractivity contribution >= 4 is 11.8 Å². The van der Waals surface area contributed by atoms with Crippen LogP contribution in [0.1, 0.15) is 44.7 Å². The zero-order valence-corrected chi connectivity index (χ0v) is 11.9. The summed E-state index contributed by atoms with van der Waals surface area (Å²) in [6, 6.07) is 8.95. The van der Waals surface area contributed by atoms with Crippen LogP contribution in [-0.2, 0) is 0 Å². The van der Waals surface area contributed by atoms with E-state index in [1.807, 2.05) is 0 Å². The maximum Gasteiger partial charge on any atom is 0.0462 e. The van der Waals surface area contributed by atoms with Gasteiger partial charge < -0.3 is 0 Å². The number of nitrogens with one attached hydrogen (secondary N) is 1. The average Bonchev–Trinajstić information content (AvgIpc) is 2.36. The highest BCUT2D eigenvalue weighted by atomic mass is 32.2. The van der Waals surface area contributed by atoms with Crippen LogP contribution in [0.5, 0.6) is 0 Å². The molecule has 3 heteroatoms. The van der Waals surface area contributed by atoms with Crippen molar-refractivity contribution in [2.24, 2.45) is 11.8 Å². The topological polar surface area (TPSA) is 38.0 Å². The van der Waals surface area contributed by atoms with E-state index in [9.17, 15) is 0 Å². The van der Waals surface area contributed by atoms with Crippen LogP contribution < -0.4 is 11.3 Å². The Balaban J connectivity index is 2.65. The molecule has 2 nitrogen and oxygen atoms in total. The molecule has 0 amide bonds. The molecule has 0 spiro atoms. The van der Waals surface area contributed by atoms with Crippen molar-refractivity contribution < 1.29 is 0 Å². The van der Waals surface area contributed by atoms with Crippen LogP contribution in [-0.4, -0.2) is 6.26 Å². The molecule has 0 aliphatic rings. The molecule has 17 heavy (non-hydrogen) atoms. The first-order valence-electron chi connectivity index (χ1n) is 6.31. The maximum absolute atomic E-state index is 5.66. The minimum atomic E-state index is 0.271. The van der Waals surface area contributed by atoms with Gasteiger partial charge in [-0.3, -0.25) is 11.3 Å². The summed E-state index contributed by atoms with van der Waals surface area (Å²) in [5.74, 6) is 6.37. The number of nitrogens with two attached hydrogens (primary N) is 1. The molecule has 0 saturated carbocycles. The minimum absolute atomic E-state index is 0.271. The second kappa shape index (κ2) is 7.75. The normalized spacial score (nSPS) is 14.6. The predicted molar refractivity (Wildman–Crippen MR) is 77.0 cm³/mol. The summed E-state index contributed by atoms with van der Waals surface area (Å²) in [6.45, 7) is 4.53. The third kappa shape index (κ3) is 4.70. The lowest BCUT2D eigenvalue weighted by Crippen LogP contribution is -2.29. The van der Waals surface area contributed by atoms with E-state index in [0.29, 0.717) is 5.92 Å². The minimum Gasteiger partial charge on any atom is -0.271 e. The average molecular weight is 252 g/mol. The molecule has 0 aliphatic carbocycles. The van der Waals surface area contributed by atoms with E-state index in [1.54, 1.807) is 11.8 Å². The quantitative estimate of drug-likeness (QED) is 0.441. The fraction of sp³-hybridized carbons (Fsp3) is 0.571. The van der Waals surface area contributed by atoms with Gasteiger partial charge in [-0.25, -0.2) is 0 Å². The van der Waals surface area contributed by atoms with Crippen LogP contribution in [0.15, 0.2) is 29.2 Å². The van der Waals surface area contributed by atoms with Gasteiger partial charge in [0.15, 0.2) is 0 Å². The van der Waals surface area contributed by atoms with Crippen molar-refractivity contribution in [3.8, 4) is 0 Å². The first kappa shape index (κ1) is 14.6. The molecule has 0 saturated heterocycles. The van der Waals surface area contributed by atoms with Crippen LogP contribution in [0.3, 0.4) is 0 Å². The van der Waals surface area contributed by atoms with E-state index in [-0.39, 0.29) is 6.04 Å². The molecular weight excluding hydrogens is 228 g/mol. The van der Waals surface area contributed by atoms with Crippen molar-refractivity contribution in [1.29, 1.82) is 0 Å². The molecule has 96 valence electrons. The fourth-order valence-electron chi connectivity index (χ4n) is 2.15. The summed E-state index contributed by atoms with van der Waals surface area (Å²) in [5, 5.41) is 0. The van der Waals surface area contributed by atoms with Crippen molar-refractivity contribution in [2.45, 2.75) is 44.0 Å². The Bertz CT molecular complexity index is 311. The number of hydrogen-bond donors (Lipinski definition) is 2. The molecule has 0 bridgehead atoms. The van der Waals surface area contributed by atoms with Gasteiger partial charge in [0.1, 0.15) is 0 Å². The number of thioether (sulfide) groups is 1.